The van der Waals surface area contributed by atoms with Crippen LogP contribution in [0.2, 0.25) is 0 Å². The summed E-state index contributed by atoms with van der Waals surface area (Å²) >= 11 is 1.30. The van der Waals surface area contributed by atoms with Crippen LogP contribution in [0.5, 0.6) is 0 Å². The molecule has 2 aromatic carbocycles. The van der Waals surface area contributed by atoms with E-state index in [1.165, 1.54) is 11.3 Å². The fourth-order valence-electron chi connectivity index (χ4n) is 3.40. The minimum atomic E-state index is -1.25. The number of guanidine groups is 1. The third-order valence-corrected chi connectivity index (χ3v) is 6.05. The minimum Gasteiger partial charge on any atom is -0.480 e. The molecule has 3 rings (SSSR count). The van der Waals surface area contributed by atoms with Gasteiger partial charge in [-0.15, -0.1) is 11.3 Å². The molecule has 0 aliphatic heterocycles. The molecule has 1 heterocycles. The number of hydrogen-bond donors (Lipinski definition) is 4. The van der Waals surface area contributed by atoms with Crippen LogP contribution < -0.4 is 16.8 Å². The van der Waals surface area contributed by atoms with Gasteiger partial charge in [-0.05, 0) is 29.7 Å². The van der Waals surface area contributed by atoms with Gasteiger partial charge in [0.15, 0.2) is 5.96 Å². The number of carboxylic acids is 1. The maximum absolute atomic E-state index is 12.8. The summed E-state index contributed by atoms with van der Waals surface area (Å²) in [5, 5.41) is 11.9. The van der Waals surface area contributed by atoms with E-state index < -0.39 is 29.8 Å². The number of rotatable bonds is 9. The molecule has 0 unspecified atom stereocenters. The highest BCUT2D eigenvalue weighted by Crippen LogP contribution is 2.36. The normalized spacial score (nSPS) is 11.5. The number of carboxylic acid groups (broad SMARTS) is 1. The highest BCUT2D eigenvalue weighted by Gasteiger charge is 2.24. The molecule has 9 heteroatoms. The van der Waals surface area contributed by atoms with E-state index >= 15 is 0 Å². The average molecular weight is 465 g/mol. The molecule has 0 saturated heterocycles. The number of carbonyl (C=O) groups excluding carboxylic acids is 2. The molecule has 3 aromatic rings. The lowest BCUT2D eigenvalue weighted by molar-refractivity contribution is -0.139. The summed E-state index contributed by atoms with van der Waals surface area (Å²) in [6.45, 7) is 0. The number of aliphatic imine (C=N–C) groups is 1. The van der Waals surface area contributed by atoms with E-state index in [4.69, 9.17) is 11.5 Å². The molecule has 170 valence electrons. The smallest absolute Gasteiger partial charge is 0.326 e. The van der Waals surface area contributed by atoms with Crippen LogP contribution in [0.15, 0.2) is 77.8 Å². The SMILES string of the molecule is NC(N)=NC(=O)CC[C@H](NC(=O)c1ccc(C(c2ccccc2)c2ccccc2)s1)C(=O)O. The Morgan fingerprint density at radius 2 is 1.48 bits per heavy atom. The van der Waals surface area contributed by atoms with E-state index in [-0.39, 0.29) is 18.8 Å². The highest BCUT2D eigenvalue weighted by atomic mass is 32.1. The largest absolute Gasteiger partial charge is 0.480 e. The minimum absolute atomic E-state index is 0.0635. The summed E-state index contributed by atoms with van der Waals surface area (Å²) in [4.78, 5) is 40.7. The standard InChI is InChI=1S/C24H24N4O4S/c25-24(26)28-20(29)14-11-17(23(31)32)27-22(30)19-13-12-18(33-19)21(15-7-3-1-4-8-15)16-9-5-2-6-10-16/h1-10,12-13,17,21H,11,14H2,(H,27,30)(H,31,32)(H4,25,26,28,29)/t17-/m0/s1. The van der Waals surface area contributed by atoms with Gasteiger partial charge in [-0.1, -0.05) is 60.7 Å². The van der Waals surface area contributed by atoms with E-state index in [1.807, 2.05) is 66.7 Å². The van der Waals surface area contributed by atoms with Crippen molar-refractivity contribution in [1.82, 2.24) is 5.32 Å². The predicted octanol–water partition coefficient (Wildman–Crippen LogP) is 2.69. The van der Waals surface area contributed by atoms with Crippen molar-refractivity contribution >= 4 is 35.1 Å². The number of nitrogens with zero attached hydrogens (tertiary/aromatic N) is 1. The first-order valence-corrected chi connectivity index (χ1v) is 11.0. The van der Waals surface area contributed by atoms with Crippen molar-refractivity contribution < 1.29 is 19.5 Å². The zero-order valence-corrected chi connectivity index (χ0v) is 18.5. The van der Waals surface area contributed by atoms with Gasteiger partial charge < -0.3 is 21.9 Å². The number of carbonyl (C=O) groups is 3. The molecule has 0 aliphatic rings. The highest BCUT2D eigenvalue weighted by molar-refractivity contribution is 7.14. The van der Waals surface area contributed by atoms with Gasteiger partial charge in [0, 0.05) is 17.2 Å². The fraction of sp³-hybridized carbons (Fsp3) is 0.167. The number of amides is 2. The Bertz CT molecular complexity index is 1100. The number of benzene rings is 2. The zero-order valence-electron chi connectivity index (χ0n) is 17.7. The molecule has 0 aliphatic carbocycles. The first-order valence-electron chi connectivity index (χ1n) is 10.2. The molecule has 0 fully saturated rings. The number of nitrogens with one attached hydrogen (secondary N) is 1. The monoisotopic (exact) mass is 464 g/mol. The van der Waals surface area contributed by atoms with Crippen LogP contribution in [0.3, 0.4) is 0 Å². The summed E-state index contributed by atoms with van der Waals surface area (Å²) < 4.78 is 0. The first kappa shape index (κ1) is 23.7. The van der Waals surface area contributed by atoms with Crippen molar-refractivity contribution in [3.63, 3.8) is 0 Å². The second-order valence-electron chi connectivity index (χ2n) is 7.29. The maximum Gasteiger partial charge on any atom is 0.326 e. The number of thiophene rings is 1. The molecule has 33 heavy (non-hydrogen) atoms. The molecule has 6 N–H and O–H groups in total. The summed E-state index contributed by atoms with van der Waals surface area (Å²) in [5.41, 5.74) is 12.5. The van der Waals surface area contributed by atoms with E-state index in [2.05, 4.69) is 10.3 Å². The second-order valence-corrected chi connectivity index (χ2v) is 8.41. The van der Waals surface area contributed by atoms with Crippen LogP contribution in [0.4, 0.5) is 0 Å². The van der Waals surface area contributed by atoms with Gasteiger partial charge in [0.1, 0.15) is 6.04 Å². The van der Waals surface area contributed by atoms with Crippen LogP contribution in [0.25, 0.3) is 0 Å². The Balaban J connectivity index is 1.78. The molecular weight excluding hydrogens is 440 g/mol. The van der Waals surface area contributed by atoms with Crippen LogP contribution in [0, 0.1) is 0 Å². The summed E-state index contributed by atoms with van der Waals surface area (Å²) in [6, 6.07) is 22.2. The summed E-state index contributed by atoms with van der Waals surface area (Å²) in [6.07, 6.45) is -0.347. The first-order chi connectivity index (χ1) is 15.8. The number of hydrogen-bond acceptors (Lipinski definition) is 4. The molecular formula is C24H24N4O4S. The lowest BCUT2D eigenvalue weighted by atomic mass is 9.90. The van der Waals surface area contributed by atoms with Gasteiger partial charge in [-0.2, -0.15) is 4.99 Å². The molecule has 8 nitrogen and oxygen atoms in total. The van der Waals surface area contributed by atoms with Crippen LogP contribution >= 0.6 is 11.3 Å². The number of nitrogens with two attached hydrogens (primary N) is 2. The fourth-order valence-corrected chi connectivity index (χ4v) is 4.46. The van der Waals surface area contributed by atoms with Crippen molar-refractivity contribution in [2.45, 2.75) is 24.8 Å². The molecule has 0 spiro atoms. The molecule has 1 aromatic heterocycles. The lowest BCUT2D eigenvalue weighted by Gasteiger charge is -2.17. The summed E-state index contributed by atoms with van der Waals surface area (Å²) in [5.74, 6) is -2.88. The van der Waals surface area contributed by atoms with E-state index in [9.17, 15) is 19.5 Å². The van der Waals surface area contributed by atoms with Crippen molar-refractivity contribution in [2.75, 3.05) is 0 Å². The average Bonchev–Trinajstić information content (AvgIpc) is 3.27. The lowest BCUT2D eigenvalue weighted by Crippen LogP contribution is -2.40. The third kappa shape index (κ3) is 6.50. The Morgan fingerprint density at radius 3 is 2.00 bits per heavy atom. The van der Waals surface area contributed by atoms with Gasteiger partial charge in [0.25, 0.3) is 5.91 Å². The Kier molecular flexibility index (Phi) is 7.93. The predicted molar refractivity (Wildman–Crippen MR) is 127 cm³/mol. The van der Waals surface area contributed by atoms with Crippen LogP contribution in [0.1, 0.15) is 44.4 Å². The van der Waals surface area contributed by atoms with Crippen LogP contribution in [-0.4, -0.2) is 34.9 Å². The topological polar surface area (TPSA) is 148 Å². The van der Waals surface area contributed by atoms with Crippen molar-refractivity contribution in [3.8, 4) is 0 Å². The van der Waals surface area contributed by atoms with Gasteiger partial charge in [0.05, 0.1) is 4.88 Å². The molecule has 0 saturated carbocycles. The molecule has 1 atom stereocenters. The maximum atomic E-state index is 12.8. The van der Waals surface area contributed by atoms with E-state index in [0.29, 0.717) is 4.88 Å². The zero-order chi connectivity index (χ0) is 23.8. The number of aliphatic carboxylic acids is 1. The Hall–Kier alpha value is -3.98. The second kappa shape index (κ2) is 11.1. The summed E-state index contributed by atoms with van der Waals surface area (Å²) in [7, 11) is 0. The van der Waals surface area contributed by atoms with Gasteiger partial charge in [-0.3, -0.25) is 9.59 Å². The molecule has 0 bridgehead atoms. The van der Waals surface area contributed by atoms with Crippen molar-refractivity contribution in [2.24, 2.45) is 16.5 Å². The van der Waals surface area contributed by atoms with Gasteiger partial charge in [-0.25, -0.2) is 4.79 Å². The van der Waals surface area contributed by atoms with E-state index in [0.717, 1.165) is 16.0 Å². The Morgan fingerprint density at radius 1 is 0.909 bits per heavy atom. The van der Waals surface area contributed by atoms with E-state index in [1.54, 1.807) is 6.07 Å². The third-order valence-electron chi connectivity index (χ3n) is 4.91. The van der Waals surface area contributed by atoms with Crippen LogP contribution in [-0.2, 0) is 9.59 Å². The van der Waals surface area contributed by atoms with Gasteiger partial charge >= 0.3 is 5.97 Å². The van der Waals surface area contributed by atoms with Crippen molar-refractivity contribution in [3.05, 3.63) is 93.7 Å². The quantitative estimate of drug-likeness (QED) is 0.283. The Labute approximate surface area is 195 Å². The molecule has 0 radical (unpaired) electrons. The van der Waals surface area contributed by atoms with Gasteiger partial charge in [0.2, 0.25) is 5.91 Å². The molecule has 2 amide bonds. The van der Waals surface area contributed by atoms with Crippen molar-refractivity contribution in [1.29, 1.82) is 0 Å².